The van der Waals surface area contributed by atoms with Gasteiger partial charge in [0.1, 0.15) is 6.54 Å². The van der Waals surface area contributed by atoms with Gasteiger partial charge in [-0.15, -0.1) is 0 Å². The van der Waals surface area contributed by atoms with Gasteiger partial charge in [0.15, 0.2) is 0 Å². The maximum atomic E-state index is 12.1. The number of anilines is 1. The Kier molecular flexibility index (Phi) is 4.72. The molecule has 0 spiro atoms. The van der Waals surface area contributed by atoms with Crippen molar-refractivity contribution in [3.8, 4) is 0 Å². The van der Waals surface area contributed by atoms with E-state index in [4.69, 9.17) is 5.73 Å². The molecule has 0 saturated carbocycles. The summed E-state index contributed by atoms with van der Waals surface area (Å²) in [6, 6.07) is 2.83. The number of nitrogen functional groups attached to an aromatic ring is 1. The smallest absolute Gasteiger partial charge is 0.251 e. The summed E-state index contributed by atoms with van der Waals surface area (Å²) in [4.78, 5) is 25.2. The van der Waals surface area contributed by atoms with Crippen LogP contribution in [0.5, 0.6) is 0 Å². The molecule has 0 atom stereocenters. The Balaban J connectivity index is 2.83. The van der Waals surface area contributed by atoms with Crippen molar-refractivity contribution in [2.24, 2.45) is 0 Å². The van der Waals surface area contributed by atoms with Crippen molar-refractivity contribution in [2.75, 3.05) is 18.8 Å². The highest BCUT2D eigenvalue weighted by atomic mass is 16.3. The van der Waals surface area contributed by atoms with Gasteiger partial charge in [-0.05, 0) is 26.8 Å². The Morgan fingerprint density at radius 2 is 2.11 bits per heavy atom. The van der Waals surface area contributed by atoms with Crippen molar-refractivity contribution >= 4 is 11.6 Å². The van der Waals surface area contributed by atoms with Crippen LogP contribution in [0.4, 0.5) is 5.69 Å². The van der Waals surface area contributed by atoms with Gasteiger partial charge in [-0.2, -0.15) is 0 Å². The number of rotatable bonds is 5. The molecule has 1 amide bonds. The van der Waals surface area contributed by atoms with E-state index in [9.17, 15) is 14.7 Å². The van der Waals surface area contributed by atoms with Crippen molar-refractivity contribution < 1.29 is 9.90 Å². The number of nitrogens with two attached hydrogens (primary N) is 1. The summed E-state index contributed by atoms with van der Waals surface area (Å²) in [7, 11) is 0. The number of carbonyl (C=O) groups is 1. The van der Waals surface area contributed by atoms with E-state index in [2.05, 4.69) is 0 Å². The fraction of sp³-hybridized carbons (Fsp3) is 0.538. The van der Waals surface area contributed by atoms with Gasteiger partial charge in [0.05, 0.1) is 5.60 Å². The van der Waals surface area contributed by atoms with Crippen molar-refractivity contribution in [1.29, 1.82) is 0 Å². The number of hydrogen-bond acceptors (Lipinski definition) is 4. The number of likely N-dealkylation sites (N-methyl/N-ethyl adjacent to an activating group) is 1. The largest absolute Gasteiger partial charge is 0.398 e. The molecular weight excluding hydrogens is 246 g/mol. The van der Waals surface area contributed by atoms with Gasteiger partial charge >= 0.3 is 0 Å². The minimum absolute atomic E-state index is 0.0756. The maximum Gasteiger partial charge on any atom is 0.251 e. The zero-order chi connectivity index (χ0) is 14.6. The van der Waals surface area contributed by atoms with E-state index in [1.54, 1.807) is 13.8 Å². The van der Waals surface area contributed by atoms with Crippen LogP contribution in [0, 0.1) is 0 Å². The second-order valence-electron chi connectivity index (χ2n) is 5.15. The molecule has 0 aliphatic rings. The van der Waals surface area contributed by atoms with Crippen LogP contribution in [-0.4, -0.2) is 39.2 Å². The van der Waals surface area contributed by atoms with Crippen LogP contribution < -0.4 is 11.3 Å². The fourth-order valence-electron chi connectivity index (χ4n) is 1.76. The molecular formula is C13H21N3O3. The maximum absolute atomic E-state index is 12.1. The highest BCUT2D eigenvalue weighted by Crippen LogP contribution is 2.06. The van der Waals surface area contributed by atoms with E-state index in [1.807, 2.05) is 6.92 Å². The van der Waals surface area contributed by atoms with E-state index in [0.29, 0.717) is 12.2 Å². The summed E-state index contributed by atoms with van der Waals surface area (Å²) in [5, 5.41) is 9.75. The van der Waals surface area contributed by atoms with Crippen molar-refractivity contribution in [3.05, 3.63) is 28.7 Å². The van der Waals surface area contributed by atoms with Crippen LogP contribution in [0.2, 0.25) is 0 Å². The van der Waals surface area contributed by atoms with Gasteiger partial charge < -0.3 is 20.3 Å². The number of carbonyl (C=O) groups excluding carboxylic acids is 1. The Morgan fingerprint density at radius 1 is 1.47 bits per heavy atom. The van der Waals surface area contributed by atoms with E-state index in [1.165, 1.54) is 27.8 Å². The van der Waals surface area contributed by atoms with E-state index in [-0.39, 0.29) is 24.6 Å². The van der Waals surface area contributed by atoms with Crippen molar-refractivity contribution in [1.82, 2.24) is 9.47 Å². The molecule has 6 heteroatoms. The van der Waals surface area contributed by atoms with Gasteiger partial charge in [0.25, 0.3) is 5.56 Å². The minimum Gasteiger partial charge on any atom is -0.398 e. The molecule has 1 rings (SSSR count). The Labute approximate surface area is 112 Å². The molecule has 1 aromatic rings. The third kappa shape index (κ3) is 4.75. The summed E-state index contributed by atoms with van der Waals surface area (Å²) in [6.07, 6.45) is 1.44. The number of nitrogens with zero attached hydrogens (tertiary/aromatic N) is 2. The predicted molar refractivity (Wildman–Crippen MR) is 73.7 cm³/mol. The number of amides is 1. The number of pyridine rings is 1. The molecule has 19 heavy (non-hydrogen) atoms. The Morgan fingerprint density at radius 3 is 2.63 bits per heavy atom. The number of aromatic nitrogens is 1. The summed E-state index contributed by atoms with van der Waals surface area (Å²) in [6.45, 7) is 5.71. The lowest BCUT2D eigenvalue weighted by Gasteiger charge is -2.28. The van der Waals surface area contributed by atoms with Crippen LogP contribution >= 0.6 is 0 Å². The molecule has 0 saturated heterocycles. The molecule has 0 aliphatic carbocycles. The molecule has 0 unspecified atom stereocenters. The average Bonchev–Trinajstić information content (AvgIpc) is 2.29. The molecule has 6 nitrogen and oxygen atoms in total. The molecule has 106 valence electrons. The topological polar surface area (TPSA) is 88.6 Å². The molecule has 0 aliphatic heterocycles. The fourth-order valence-corrected chi connectivity index (χ4v) is 1.76. The highest BCUT2D eigenvalue weighted by molar-refractivity contribution is 5.76. The van der Waals surface area contributed by atoms with E-state index < -0.39 is 5.60 Å². The second kappa shape index (κ2) is 5.88. The van der Waals surface area contributed by atoms with Crippen LogP contribution in [0.1, 0.15) is 20.8 Å². The normalized spacial score (nSPS) is 11.4. The third-order valence-corrected chi connectivity index (χ3v) is 2.62. The first-order valence-corrected chi connectivity index (χ1v) is 6.19. The van der Waals surface area contributed by atoms with Crippen LogP contribution in [0.25, 0.3) is 0 Å². The van der Waals surface area contributed by atoms with Gasteiger partial charge in [0, 0.05) is 31.0 Å². The van der Waals surface area contributed by atoms with Crippen LogP contribution in [0.15, 0.2) is 23.1 Å². The monoisotopic (exact) mass is 267 g/mol. The van der Waals surface area contributed by atoms with E-state index >= 15 is 0 Å². The lowest BCUT2D eigenvalue weighted by atomic mass is 10.1. The Hall–Kier alpha value is -1.82. The number of aliphatic hydroxyl groups is 1. The van der Waals surface area contributed by atoms with Gasteiger partial charge in [-0.1, -0.05) is 0 Å². The summed E-state index contributed by atoms with van der Waals surface area (Å²) < 4.78 is 1.27. The van der Waals surface area contributed by atoms with Crippen molar-refractivity contribution in [3.63, 3.8) is 0 Å². The standard InChI is InChI=1S/C13H21N3O3/c1-4-15(9-13(2,3)19)12(18)8-16-7-10(14)5-6-11(16)17/h5-7,19H,4,8-9,14H2,1-3H3. The first kappa shape index (κ1) is 15.2. The number of hydrogen-bond donors (Lipinski definition) is 2. The summed E-state index contributed by atoms with van der Waals surface area (Å²) in [5.41, 5.74) is 4.78. The predicted octanol–water partition coefficient (Wildman–Crippen LogP) is 0.0499. The average molecular weight is 267 g/mol. The summed E-state index contributed by atoms with van der Waals surface area (Å²) >= 11 is 0. The van der Waals surface area contributed by atoms with E-state index in [0.717, 1.165) is 0 Å². The molecule has 1 heterocycles. The van der Waals surface area contributed by atoms with Crippen LogP contribution in [-0.2, 0) is 11.3 Å². The molecule has 3 N–H and O–H groups in total. The van der Waals surface area contributed by atoms with Crippen molar-refractivity contribution in [2.45, 2.75) is 32.9 Å². The zero-order valence-electron chi connectivity index (χ0n) is 11.6. The first-order valence-electron chi connectivity index (χ1n) is 6.19. The van der Waals surface area contributed by atoms with Gasteiger partial charge in [0.2, 0.25) is 5.91 Å². The molecule has 0 radical (unpaired) electrons. The van der Waals surface area contributed by atoms with Gasteiger partial charge in [-0.3, -0.25) is 9.59 Å². The third-order valence-electron chi connectivity index (χ3n) is 2.62. The molecule has 0 aromatic carbocycles. The molecule has 0 bridgehead atoms. The second-order valence-corrected chi connectivity index (χ2v) is 5.15. The SMILES string of the molecule is CCN(CC(C)(C)O)C(=O)Cn1cc(N)ccc1=O. The minimum atomic E-state index is -0.966. The summed E-state index contributed by atoms with van der Waals surface area (Å²) in [5.74, 6) is -0.225. The Bertz CT molecular complexity index is 503. The lowest BCUT2D eigenvalue weighted by Crippen LogP contribution is -2.44. The quantitative estimate of drug-likeness (QED) is 0.789. The highest BCUT2D eigenvalue weighted by Gasteiger charge is 2.21. The molecule has 0 fully saturated rings. The van der Waals surface area contributed by atoms with Crippen LogP contribution in [0.3, 0.4) is 0 Å². The molecule has 1 aromatic heterocycles. The van der Waals surface area contributed by atoms with Gasteiger partial charge in [-0.25, -0.2) is 0 Å². The zero-order valence-corrected chi connectivity index (χ0v) is 11.6. The first-order chi connectivity index (χ1) is 8.73. The lowest BCUT2D eigenvalue weighted by molar-refractivity contribution is -0.134.